The molecule has 0 radical (unpaired) electrons. The van der Waals surface area contributed by atoms with Gasteiger partial charge in [0, 0.05) is 38.3 Å². The maximum atomic E-state index is 3.52. The predicted octanol–water partition coefficient (Wildman–Crippen LogP) is 1.79. The molecule has 0 aromatic heterocycles. The molecule has 0 amide bonds. The van der Waals surface area contributed by atoms with Crippen molar-refractivity contribution in [2.45, 2.75) is 52.6 Å². The van der Waals surface area contributed by atoms with Gasteiger partial charge in [-0.15, -0.1) is 0 Å². The quantitative estimate of drug-likeness (QED) is 0.733. The summed E-state index contributed by atoms with van der Waals surface area (Å²) in [7, 11) is 0. The van der Waals surface area contributed by atoms with E-state index in [-0.39, 0.29) is 0 Å². The standard InChI is InChI=1S/C14H31N3/c1-5-8-14(11-15-6-2)17-10-9-16(7-3)13(4)12-17/h13-15H,5-12H2,1-4H3. The Morgan fingerprint density at radius 2 is 2.00 bits per heavy atom. The monoisotopic (exact) mass is 241 g/mol. The van der Waals surface area contributed by atoms with Crippen molar-refractivity contribution in [3.63, 3.8) is 0 Å². The molecule has 1 fully saturated rings. The van der Waals surface area contributed by atoms with Crippen molar-refractivity contribution in [1.29, 1.82) is 0 Å². The van der Waals surface area contributed by atoms with Gasteiger partial charge in [-0.2, -0.15) is 0 Å². The lowest BCUT2D eigenvalue weighted by molar-refractivity contribution is 0.0556. The molecule has 2 unspecified atom stereocenters. The van der Waals surface area contributed by atoms with E-state index in [2.05, 4.69) is 42.8 Å². The van der Waals surface area contributed by atoms with E-state index in [4.69, 9.17) is 0 Å². The summed E-state index contributed by atoms with van der Waals surface area (Å²) in [5.41, 5.74) is 0. The summed E-state index contributed by atoms with van der Waals surface area (Å²) in [4.78, 5) is 5.29. The zero-order valence-corrected chi connectivity index (χ0v) is 12.2. The lowest BCUT2D eigenvalue weighted by Crippen LogP contribution is -2.56. The average molecular weight is 241 g/mol. The van der Waals surface area contributed by atoms with Gasteiger partial charge in [-0.25, -0.2) is 0 Å². The van der Waals surface area contributed by atoms with Crippen molar-refractivity contribution >= 4 is 0 Å². The number of rotatable bonds is 7. The summed E-state index contributed by atoms with van der Waals surface area (Å²) < 4.78 is 0. The molecule has 2 atom stereocenters. The molecule has 17 heavy (non-hydrogen) atoms. The molecule has 1 aliphatic rings. The second kappa shape index (κ2) is 8.06. The Kier molecular flexibility index (Phi) is 7.09. The van der Waals surface area contributed by atoms with Crippen LogP contribution in [0.3, 0.4) is 0 Å². The number of piperazine rings is 1. The molecule has 0 aromatic carbocycles. The van der Waals surface area contributed by atoms with E-state index < -0.39 is 0 Å². The van der Waals surface area contributed by atoms with Crippen molar-refractivity contribution in [2.75, 3.05) is 39.3 Å². The van der Waals surface area contributed by atoms with Gasteiger partial charge in [0.05, 0.1) is 0 Å². The molecule has 1 aliphatic heterocycles. The fourth-order valence-electron chi connectivity index (χ4n) is 2.88. The van der Waals surface area contributed by atoms with Crippen LogP contribution >= 0.6 is 0 Å². The molecule has 102 valence electrons. The molecule has 0 spiro atoms. The number of nitrogens with zero attached hydrogens (tertiary/aromatic N) is 2. The van der Waals surface area contributed by atoms with Crippen LogP contribution in [0.25, 0.3) is 0 Å². The van der Waals surface area contributed by atoms with Crippen molar-refractivity contribution < 1.29 is 0 Å². The second-order valence-corrected chi connectivity index (χ2v) is 5.22. The normalized spacial score (nSPS) is 25.1. The summed E-state index contributed by atoms with van der Waals surface area (Å²) in [6.45, 7) is 16.3. The minimum absolute atomic E-state index is 0.717. The Labute approximate surface area is 108 Å². The number of hydrogen-bond acceptors (Lipinski definition) is 3. The molecule has 3 heteroatoms. The smallest absolute Gasteiger partial charge is 0.0221 e. The van der Waals surface area contributed by atoms with E-state index >= 15 is 0 Å². The van der Waals surface area contributed by atoms with E-state index in [0.717, 1.165) is 25.2 Å². The third-order valence-corrected chi connectivity index (χ3v) is 3.97. The van der Waals surface area contributed by atoms with E-state index in [9.17, 15) is 0 Å². The third-order valence-electron chi connectivity index (χ3n) is 3.97. The lowest BCUT2D eigenvalue weighted by Gasteiger charge is -2.43. The molecule has 0 aromatic rings. The molecule has 0 saturated carbocycles. The van der Waals surface area contributed by atoms with Crippen molar-refractivity contribution in [2.24, 2.45) is 0 Å². The minimum Gasteiger partial charge on any atom is -0.315 e. The second-order valence-electron chi connectivity index (χ2n) is 5.22. The van der Waals surface area contributed by atoms with Crippen LogP contribution in [0.4, 0.5) is 0 Å². The van der Waals surface area contributed by atoms with Gasteiger partial charge in [-0.05, 0) is 26.4 Å². The van der Waals surface area contributed by atoms with Gasteiger partial charge in [0.15, 0.2) is 0 Å². The van der Waals surface area contributed by atoms with Crippen LogP contribution in [0.5, 0.6) is 0 Å². The Balaban J connectivity index is 2.45. The first-order valence-electron chi connectivity index (χ1n) is 7.41. The van der Waals surface area contributed by atoms with Crippen molar-refractivity contribution in [3.05, 3.63) is 0 Å². The topological polar surface area (TPSA) is 18.5 Å². The summed E-state index contributed by atoms with van der Waals surface area (Å²) in [6.07, 6.45) is 2.62. The van der Waals surface area contributed by atoms with Crippen LogP contribution in [0.15, 0.2) is 0 Å². The van der Waals surface area contributed by atoms with Crippen LogP contribution in [-0.2, 0) is 0 Å². The summed E-state index contributed by atoms with van der Waals surface area (Å²) in [5.74, 6) is 0. The van der Waals surface area contributed by atoms with Gasteiger partial charge in [-0.1, -0.05) is 27.2 Å². The maximum Gasteiger partial charge on any atom is 0.0221 e. The Bertz CT molecular complexity index is 196. The highest BCUT2D eigenvalue weighted by Crippen LogP contribution is 2.14. The van der Waals surface area contributed by atoms with Crippen LogP contribution in [0, 0.1) is 0 Å². The lowest BCUT2D eigenvalue weighted by atomic mass is 10.1. The highest BCUT2D eigenvalue weighted by Gasteiger charge is 2.26. The van der Waals surface area contributed by atoms with Crippen molar-refractivity contribution in [3.8, 4) is 0 Å². The zero-order chi connectivity index (χ0) is 12.7. The SMILES string of the molecule is CCCC(CNCC)N1CCN(CC)C(C)C1. The van der Waals surface area contributed by atoms with Crippen LogP contribution in [0.2, 0.25) is 0 Å². The Hall–Kier alpha value is -0.120. The molecular formula is C14H31N3. The number of nitrogens with one attached hydrogen (secondary N) is 1. The van der Waals surface area contributed by atoms with Gasteiger partial charge in [0.1, 0.15) is 0 Å². The zero-order valence-electron chi connectivity index (χ0n) is 12.2. The molecule has 0 bridgehead atoms. The highest BCUT2D eigenvalue weighted by molar-refractivity contribution is 4.83. The minimum atomic E-state index is 0.717. The van der Waals surface area contributed by atoms with Crippen LogP contribution in [-0.4, -0.2) is 61.2 Å². The predicted molar refractivity (Wildman–Crippen MR) is 75.5 cm³/mol. The first-order chi connectivity index (χ1) is 8.22. The van der Waals surface area contributed by atoms with Gasteiger partial charge >= 0.3 is 0 Å². The van der Waals surface area contributed by atoms with Crippen molar-refractivity contribution in [1.82, 2.24) is 15.1 Å². The largest absolute Gasteiger partial charge is 0.315 e. The van der Waals surface area contributed by atoms with E-state index in [1.807, 2.05) is 0 Å². The first-order valence-corrected chi connectivity index (χ1v) is 7.41. The first kappa shape index (κ1) is 14.9. The van der Waals surface area contributed by atoms with Gasteiger partial charge in [0.2, 0.25) is 0 Å². The fourth-order valence-corrected chi connectivity index (χ4v) is 2.88. The summed E-state index contributed by atoms with van der Waals surface area (Å²) in [5, 5.41) is 3.52. The average Bonchev–Trinajstić information content (AvgIpc) is 2.34. The number of likely N-dealkylation sites (N-methyl/N-ethyl adjacent to an activating group) is 2. The highest BCUT2D eigenvalue weighted by atomic mass is 15.3. The Morgan fingerprint density at radius 3 is 2.53 bits per heavy atom. The fraction of sp³-hybridized carbons (Fsp3) is 1.00. The summed E-state index contributed by atoms with van der Waals surface area (Å²) >= 11 is 0. The molecule has 1 heterocycles. The third kappa shape index (κ3) is 4.57. The molecule has 1 rings (SSSR count). The van der Waals surface area contributed by atoms with Gasteiger partial charge in [-0.3, -0.25) is 9.80 Å². The molecule has 1 N–H and O–H groups in total. The summed E-state index contributed by atoms with van der Waals surface area (Å²) in [6, 6.07) is 1.45. The van der Waals surface area contributed by atoms with E-state index in [0.29, 0.717) is 0 Å². The van der Waals surface area contributed by atoms with Gasteiger partial charge in [0.25, 0.3) is 0 Å². The molecular weight excluding hydrogens is 210 g/mol. The van der Waals surface area contributed by atoms with Gasteiger partial charge < -0.3 is 5.32 Å². The van der Waals surface area contributed by atoms with E-state index in [1.165, 1.54) is 39.0 Å². The van der Waals surface area contributed by atoms with E-state index in [1.54, 1.807) is 0 Å². The molecule has 1 saturated heterocycles. The van der Waals surface area contributed by atoms with Crippen LogP contribution < -0.4 is 5.32 Å². The molecule has 3 nitrogen and oxygen atoms in total. The Morgan fingerprint density at radius 1 is 1.24 bits per heavy atom. The molecule has 0 aliphatic carbocycles. The van der Waals surface area contributed by atoms with Crippen LogP contribution in [0.1, 0.15) is 40.5 Å². The maximum absolute atomic E-state index is 3.52. The number of hydrogen-bond donors (Lipinski definition) is 1.